The fraction of sp³-hybridized carbons (Fsp3) is 0.462. The molecule has 0 aliphatic carbocycles. The smallest absolute Gasteiger partial charge is 0.119 e. The van der Waals surface area contributed by atoms with Crippen molar-refractivity contribution in [1.29, 1.82) is 0 Å². The monoisotopic (exact) mass is 410 g/mol. The van der Waals surface area contributed by atoms with E-state index in [1.807, 2.05) is 17.8 Å². The summed E-state index contributed by atoms with van der Waals surface area (Å²) in [4.78, 5) is 1.38. The fourth-order valence-electron chi connectivity index (χ4n) is 4.45. The molecule has 2 atom stereocenters. The molecule has 0 amide bonds. The van der Waals surface area contributed by atoms with Gasteiger partial charge in [-0.25, -0.2) is 0 Å². The van der Waals surface area contributed by atoms with E-state index in [1.54, 1.807) is 14.2 Å². The number of rotatable bonds is 10. The van der Waals surface area contributed by atoms with Gasteiger partial charge >= 0.3 is 0 Å². The maximum Gasteiger partial charge on any atom is 0.119 e. The number of benzene rings is 2. The molecular formula is C26H34O2S. The van der Waals surface area contributed by atoms with Crippen molar-refractivity contribution in [3.63, 3.8) is 0 Å². The van der Waals surface area contributed by atoms with Gasteiger partial charge in [-0.1, -0.05) is 50.5 Å². The normalized spacial score (nSPS) is 20.7. The molecule has 0 aromatic heterocycles. The van der Waals surface area contributed by atoms with Crippen molar-refractivity contribution in [2.75, 3.05) is 20.0 Å². The predicted octanol–water partition coefficient (Wildman–Crippen LogP) is 7.38. The second-order valence-corrected chi connectivity index (χ2v) is 9.19. The average molecular weight is 411 g/mol. The van der Waals surface area contributed by atoms with Crippen LogP contribution in [-0.4, -0.2) is 20.0 Å². The van der Waals surface area contributed by atoms with E-state index >= 15 is 0 Å². The number of unbranched alkanes of at least 4 members (excludes halogenated alkanes) is 4. The minimum Gasteiger partial charge on any atom is -0.497 e. The maximum atomic E-state index is 5.48. The summed E-state index contributed by atoms with van der Waals surface area (Å²) in [7, 11) is 3.48. The molecule has 156 valence electrons. The van der Waals surface area contributed by atoms with E-state index in [-0.39, 0.29) is 5.41 Å². The first-order valence-electron chi connectivity index (χ1n) is 10.7. The molecule has 0 radical (unpaired) electrons. The summed E-state index contributed by atoms with van der Waals surface area (Å²) in [5, 5.41) is 0. The molecule has 0 N–H and O–H groups in total. The molecule has 0 bridgehead atoms. The largest absolute Gasteiger partial charge is 0.497 e. The van der Waals surface area contributed by atoms with E-state index in [4.69, 9.17) is 9.47 Å². The molecule has 0 saturated carbocycles. The van der Waals surface area contributed by atoms with Crippen molar-refractivity contribution in [1.82, 2.24) is 0 Å². The first-order chi connectivity index (χ1) is 14.1. The molecule has 0 saturated heterocycles. The SMILES string of the molecule is C=CCCCCCCC1c2ccc(OC)cc2SCC1(C)c1ccc(OC)cc1. The van der Waals surface area contributed by atoms with Gasteiger partial charge in [-0.3, -0.25) is 0 Å². The van der Waals surface area contributed by atoms with E-state index in [9.17, 15) is 0 Å². The quantitative estimate of drug-likeness (QED) is 0.301. The number of fused-ring (bicyclic) bond motifs is 1. The number of methoxy groups -OCH3 is 2. The Labute approximate surface area is 180 Å². The Hall–Kier alpha value is -1.87. The van der Waals surface area contributed by atoms with Crippen LogP contribution in [0.2, 0.25) is 0 Å². The van der Waals surface area contributed by atoms with Gasteiger partial charge in [-0.05, 0) is 60.6 Å². The van der Waals surface area contributed by atoms with Crippen LogP contribution in [0.15, 0.2) is 60.0 Å². The van der Waals surface area contributed by atoms with E-state index in [1.165, 1.54) is 48.1 Å². The first-order valence-corrected chi connectivity index (χ1v) is 11.7. The fourth-order valence-corrected chi connectivity index (χ4v) is 5.85. The standard InChI is InChI=1S/C26H34O2S/c1-5-6-7-8-9-10-11-24-23-17-16-22(28-4)18-25(23)29-19-26(24,2)20-12-14-21(27-3)15-13-20/h5,12-18,24H,1,6-11,19H2,2-4H3. The van der Waals surface area contributed by atoms with Crippen molar-refractivity contribution in [3.8, 4) is 11.5 Å². The lowest BCUT2D eigenvalue weighted by atomic mass is 9.68. The minimum absolute atomic E-state index is 0.111. The van der Waals surface area contributed by atoms with Crippen molar-refractivity contribution >= 4 is 11.8 Å². The summed E-state index contributed by atoms with van der Waals surface area (Å²) in [6.07, 6.45) is 9.49. The Bertz CT molecular complexity index is 799. The highest BCUT2D eigenvalue weighted by molar-refractivity contribution is 7.99. The predicted molar refractivity (Wildman–Crippen MR) is 125 cm³/mol. The van der Waals surface area contributed by atoms with Gasteiger partial charge in [0.15, 0.2) is 0 Å². The van der Waals surface area contributed by atoms with E-state index in [0.717, 1.165) is 23.7 Å². The van der Waals surface area contributed by atoms with Crippen LogP contribution in [-0.2, 0) is 5.41 Å². The lowest BCUT2D eigenvalue weighted by Gasteiger charge is -2.43. The Morgan fingerprint density at radius 1 is 1.00 bits per heavy atom. The molecule has 2 aromatic rings. The first kappa shape index (κ1) is 21.8. The molecule has 29 heavy (non-hydrogen) atoms. The van der Waals surface area contributed by atoms with Crippen LogP contribution < -0.4 is 9.47 Å². The van der Waals surface area contributed by atoms with Crippen LogP contribution in [0.5, 0.6) is 11.5 Å². The van der Waals surface area contributed by atoms with Gasteiger partial charge in [0.2, 0.25) is 0 Å². The minimum atomic E-state index is 0.111. The van der Waals surface area contributed by atoms with Crippen molar-refractivity contribution in [2.24, 2.45) is 0 Å². The second-order valence-electron chi connectivity index (χ2n) is 8.17. The van der Waals surface area contributed by atoms with Crippen LogP contribution in [0, 0.1) is 0 Å². The third-order valence-corrected chi connectivity index (χ3v) is 7.70. The highest BCUT2D eigenvalue weighted by Gasteiger charge is 2.41. The molecule has 2 unspecified atom stereocenters. The van der Waals surface area contributed by atoms with Gasteiger partial charge in [-0.2, -0.15) is 0 Å². The van der Waals surface area contributed by atoms with Crippen LogP contribution in [0.1, 0.15) is 62.5 Å². The van der Waals surface area contributed by atoms with E-state index in [0.29, 0.717) is 5.92 Å². The van der Waals surface area contributed by atoms with Gasteiger partial charge in [0, 0.05) is 16.1 Å². The molecule has 2 nitrogen and oxygen atoms in total. The lowest BCUT2D eigenvalue weighted by molar-refractivity contribution is 0.369. The zero-order valence-electron chi connectivity index (χ0n) is 18.1. The van der Waals surface area contributed by atoms with Crippen molar-refractivity contribution in [3.05, 3.63) is 66.2 Å². The zero-order chi connectivity index (χ0) is 20.7. The van der Waals surface area contributed by atoms with Crippen LogP contribution in [0.4, 0.5) is 0 Å². The topological polar surface area (TPSA) is 18.5 Å². The highest BCUT2D eigenvalue weighted by atomic mass is 32.2. The average Bonchev–Trinajstić information content (AvgIpc) is 2.77. The Balaban J connectivity index is 1.85. The van der Waals surface area contributed by atoms with Gasteiger partial charge < -0.3 is 9.47 Å². The molecule has 0 fully saturated rings. The zero-order valence-corrected chi connectivity index (χ0v) is 18.9. The number of hydrogen-bond donors (Lipinski definition) is 0. The van der Waals surface area contributed by atoms with Gasteiger partial charge in [0.05, 0.1) is 14.2 Å². The van der Waals surface area contributed by atoms with Gasteiger partial charge in [0.1, 0.15) is 11.5 Å². The molecule has 1 aliphatic heterocycles. The molecule has 0 spiro atoms. The molecule has 3 heteroatoms. The van der Waals surface area contributed by atoms with E-state index in [2.05, 4.69) is 56.0 Å². The van der Waals surface area contributed by atoms with Crippen LogP contribution in [0.3, 0.4) is 0 Å². The molecule has 3 rings (SSSR count). The van der Waals surface area contributed by atoms with Gasteiger partial charge in [-0.15, -0.1) is 18.3 Å². The number of thioether (sulfide) groups is 1. The molecule has 1 aliphatic rings. The van der Waals surface area contributed by atoms with Crippen molar-refractivity contribution < 1.29 is 9.47 Å². The van der Waals surface area contributed by atoms with Crippen molar-refractivity contribution in [2.45, 2.75) is 61.7 Å². The summed E-state index contributed by atoms with van der Waals surface area (Å²) in [5.41, 5.74) is 3.00. The third-order valence-electron chi connectivity index (χ3n) is 6.29. The second kappa shape index (κ2) is 10.2. The summed E-state index contributed by atoms with van der Waals surface area (Å²) in [6.45, 7) is 6.28. The summed E-state index contributed by atoms with van der Waals surface area (Å²) >= 11 is 1.96. The number of allylic oxidation sites excluding steroid dienone is 1. The van der Waals surface area contributed by atoms with E-state index < -0.39 is 0 Å². The summed E-state index contributed by atoms with van der Waals surface area (Å²) < 4.78 is 10.9. The molecular weight excluding hydrogens is 376 g/mol. The highest BCUT2D eigenvalue weighted by Crippen LogP contribution is 2.52. The Kier molecular flexibility index (Phi) is 7.71. The Morgan fingerprint density at radius 2 is 1.69 bits per heavy atom. The van der Waals surface area contributed by atoms with Gasteiger partial charge in [0.25, 0.3) is 0 Å². The van der Waals surface area contributed by atoms with Crippen LogP contribution >= 0.6 is 11.8 Å². The molecule has 2 aromatic carbocycles. The lowest BCUT2D eigenvalue weighted by Crippen LogP contribution is -2.36. The van der Waals surface area contributed by atoms with Crippen LogP contribution in [0.25, 0.3) is 0 Å². The number of ether oxygens (including phenoxy) is 2. The Morgan fingerprint density at radius 3 is 2.38 bits per heavy atom. The number of hydrogen-bond acceptors (Lipinski definition) is 3. The maximum absolute atomic E-state index is 5.48. The third kappa shape index (κ3) is 5.01. The molecule has 1 heterocycles. The summed E-state index contributed by atoms with van der Waals surface area (Å²) in [5.74, 6) is 3.47. The summed E-state index contributed by atoms with van der Waals surface area (Å²) in [6, 6.07) is 15.3.